The Morgan fingerprint density at radius 3 is 2.69 bits per heavy atom. The normalized spacial score (nSPS) is 17.6. The minimum absolute atomic E-state index is 0.0186. The molecule has 1 saturated heterocycles. The van der Waals surface area contributed by atoms with Crippen molar-refractivity contribution in [2.75, 3.05) is 31.3 Å². The minimum atomic E-state index is -0.343. The van der Waals surface area contributed by atoms with Crippen molar-refractivity contribution < 1.29 is 14.3 Å². The Labute approximate surface area is 99.5 Å². The third-order valence-corrected chi connectivity index (χ3v) is 3.31. The van der Waals surface area contributed by atoms with Crippen molar-refractivity contribution in [3.63, 3.8) is 0 Å². The Morgan fingerprint density at radius 2 is 2.19 bits per heavy atom. The maximum atomic E-state index is 11.4. The first-order valence-corrected chi connectivity index (χ1v) is 6.38. The highest BCUT2D eigenvalue weighted by Gasteiger charge is 2.33. The first kappa shape index (κ1) is 13.3. The lowest BCUT2D eigenvalue weighted by Crippen LogP contribution is -2.48. The molecule has 0 aliphatic carbocycles. The third kappa shape index (κ3) is 4.85. The summed E-state index contributed by atoms with van der Waals surface area (Å²) in [6.45, 7) is 4.17. The van der Waals surface area contributed by atoms with Crippen LogP contribution in [0.1, 0.15) is 13.3 Å². The molecule has 6 heteroatoms. The van der Waals surface area contributed by atoms with Crippen molar-refractivity contribution in [1.29, 1.82) is 0 Å². The number of carbonyl (C=O) groups is 2. The smallest absolute Gasteiger partial charge is 0.227 e. The molecule has 0 bridgehead atoms. The SMILES string of the molecule is CC1(CNC(=O)CCSCC(N)=O)COC1. The highest BCUT2D eigenvalue weighted by atomic mass is 32.2. The van der Waals surface area contributed by atoms with Crippen LogP contribution in [-0.2, 0) is 14.3 Å². The lowest BCUT2D eigenvalue weighted by molar-refractivity contribution is -0.126. The molecular weight excluding hydrogens is 228 g/mol. The van der Waals surface area contributed by atoms with Gasteiger partial charge in [0.2, 0.25) is 11.8 Å². The van der Waals surface area contributed by atoms with Gasteiger partial charge in [0.25, 0.3) is 0 Å². The van der Waals surface area contributed by atoms with E-state index in [1.165, 1.54) is 11.8 Å². The first-order chi connectivity index (χ1) is 7.52. The topological polar surface area (TPSA) is 81.4 Å². The van der Waals surface area contributed by atoms with Crippen LogP contribution in [0.4, 0.5) is 0 Å². The standard InChI is InChI=1S/C10H18N2O3S/c1-10(6-15-7-10)5-12-9(14)2-3-16-4-8(11)13/h2-7H2,1H3,(H2,11,13)(H,12,14). The summed E-state index contributed by atoms with van der Waals surface area (Å²) in [4.78, 5) is 21.8. The van der Waals surface area contributed by atoms with Crippen LogP contribution in [0.25, 0.3) is 0 Å². The van der Waals surface area contributed by atoms with Crippen LogP contribution in [0, 0.1) is 5.41 Å². The molecule has 0 unspecified atom stereocenters. The van der Waals surface area contributed by atoms with Gasteiger partial charge in [-0.1, -0.05) is 6.92 Å². The lowest BCUT2D eigenvalue weighted by Gasteiger charge is -2.38. The van der Waals surface area contributed by atoms with E-state index in [0.29, 0.717) is 31.9 Å². The average Bonchev–Trinajstić information content (AvgIpc) is 2.18. The number of hydrogen-bond donors (Lipinski definition) is 2. The molecular formula is C10H18N2O3S. The van der Waals surface area contributed by atoms with Crippen molar-refractivity contribution in [2.45, 2.75) is 13.3 Å². The molecule has 0 radical (unpaired) electrons. The Kier molecular flexibility index (Phi) is 5.08. The maximum absolute atomic E-state index is 11.4. The van der Waals surface area contributed by atoms with E-state index in [0.717, 1.165) is 0 Å². The molecule has 0 spiro atoms. The molecule has 3 N–H and O–H groups in total. The number of ether oxygens (including phenoxy) is 1. The monoisotopic (exact) mass is 246 g/mol. The molecule has 1 heterocycles. The van der Waals surface area contributed by atoms with Crippen LogP contribution in [0.3, 0.4) is 0 Å². The van der Waals surface area contributed by atoms with Gasteiger partial charge in [0.1, 0.15) is 0 Å². The molecule has 1 aliphatic rings. The summed E-state index contributed by atoms with van der Waals surface area (Å²) in [7, 11) is 0. The summed E-state index contributed by atoms with van der Waals surface area (Å²) in [6.07, 6.45) is 0.425. The Hall–Kier alpha value is -0.750. The van der Waals surface area contributed by atoms with E-state index in [9.17, 15) is 9.59 Å². The van der Waals surface area contributed by atoms with Crippen LogP contribution >= 0.6 is 11.8 Å². The molecule has 0 aromatic carbocycles. The van der Waals surface area contributed by atoms with E-state index in [1.807, 2.05) is 0 Å². The third-order valence-electron chi connectivity index (χ3n) is 2.33. The molecule has 1 aliphatic heterocycles. The molecule has 0 aromatic heterocycles. The molecule has 1 rings (SSSR count). The van der Waals surface area contributed by atoms with Gasteiger partial charge < -0.3 is 15.8 Å². The first-order valence-electron chi connectivity index (χ1n) is 5.22. The van der Waals surface area contributed by atoms with Gasteiger partial charge in [0.15, 0.2) is 0 Å². The number of nitrogens with one attached hydrogen (secondary N) is 1. The molecule has 2 amide bonds. The zero-order valence-electron chi connectivity index (χ0n) is 9.45. The van der Waals surface area contributed by atoms with E-state index in [-0.39, 0.29) is 23.0 Å². The summed E-state index contributed by atoms with van der Waals surface area (Å²) >= 11 is 1.38. The van der Waals surface area contributed by atoms with Gasteiger partial charge in [-0.3, -0.25) is 9.59 Å². The van der Waals surface area contributed by atoms with E-state index in [4.69, 9.17) is 10.5 Å². The Balaban J connectivity index is 2.00. The van der Waals surface area contributed by atoms with Gasteiger partial charge in [-0.2, -0.15) is 11.8 Å². The second-order valence-corrected chi connectivity index (χ2v) is 5.45. The number of carbonyl (C=O) groups excluding carboxylic acids is 2. The molecule has 16 heavy (non-hydrogen) atoms. The average molecular weight is 246 g/mol. The van der Waals surface area contributed by atoms with E-state index in [2.05, 4.69) is 12.2 Å². The summed E-state index contributed by atoms with van der Waals surface area (Å²) < 4.78 is 5.09. The van der Waals surface area contributed by atoms with E-state index < -0.39 is 0 Å². The van der Waals surface area contributed by atoms with E-state index >= 15 is 0 Å². The van der Waals surface area contributed by atoms with Crippen LogP contribution in [0.15, 0.2) is 0 Å². The fourth-order valence-electron chi connectivity index (χ4n) is 1.29. The number of primary amides is 1. The highest BCUT2D eigenvalue weighted by Crippen LogP contribution is 2.24. The molecule has 0 saturated carbocycles. The lowest BCUT2D eigenvalue weighted by atomic mass is 9.89. The second kappa shape index (κ2) is 6.10. The van der Waals surface area contributed by atoms with Crippen molar-refractivity contribution in [3.05, 3.63) is 0 Å². The molecule has 0 atom stereocenters. The second-order valence-electron chi connectivity index (χ2n) is 4.35. The minimum Gasteiger partial charge on any atom is -0.380 e. The van der Waals surface area contributed by atoms with Crippen molar-refractivity contribution in [2.24, 2.45) is 11.1 Å². The van der Waals surface area contributed by atoms with Crippen LogP contribution in [0.2, 0.25) is 0 Å². The van der Waals surface area contributed by atoms with Gasteiger partial charge in [-0.05, 0) is 0 Å². The van der Waals surface area contributed by atoms with Gasteiger partial charge >= 0.3 is 0 Å². The zero-order valence-corrected chi connectivity index (χ0v) is 10.3. The van der Waals surface area contributed by atoms with Crippen molar-refractivity contribution in [3.8, 4) is 0 Å². The van der Waals surface area contributed by atoms with Crippen molar-refractivity contribution >= 4 is 23.6 Å². The summed E-state index contributed by atoms with van der Waals surface area (Å²) in [5, 5.41) is 2.86. The quantitative estimate of drug-likeness (QED) is 0.607. The highest BCUT2D eigenvalue weighted by molar-refractivity contribution is 7.99. The number of rotatable bonds is 7. The summed E-state index contributed by atoms with van der Waals surface area (Å²) in [5.74, 6) is 0.579. The largest absolute Gasteiger partial charge is 0.380 e. The van der Waals surface area contributed by atoms with Gasteiger partial charge in [-0.15, -0.1) is 0 Å². The zero-order chi connectivity index (χ0) is 12.0. The van der Waals surface area contributed by atoms with Gasteiger partial charge in [0.05, 0.1) is 19.0 Å². The number of amides is 2. The summed E-state index contributed by atoms with van der Waals surface area (Å²) in [5.41, 5.74) is 5.08. The van der Waals surface area contributed by atoms with Crippen LogP contribution in [0.5, 0.6) is 0 Å². The van der Waals surface area contributed by atoms with Crippen LogP contribution < -0.4 is 11.1 Å². The predicted octanol–water partition coefficient (Wildman–Crippen LogP) is -0.252. The molecule has 1 fully saturated rings. The molecule has 5 nitrogen and oxygen atoms in total. The predicted molar refractivity (Wildman–Crippen MR) is 63.1 cm³/mol. The number of hydrogen-bond acceptors (Lipinski definition) is 4. The van der Waals surface area contributed by atoms with Gasteiger partial charge in [0, 0.05) is 24.1 Å². The Morgan fingerprint density at radius 1 is 1.50 bits per heavy atom. The molecule has 92 valence electrons. The van der Waals surface area contributed by atoms with Crippen LogP contribution in [-0.4, -0.2) is 43.1 Å². The van der Waals surface area contributed by atoms with Crippen molar-refractivity contribution in [1.82, 2.24) is 5.32 Å². The fraction of sp³-hybridized carbons (Fsp3) is 0.800. The number of thioether (sulfide) groups is 1. The van der Waals surface area contributed by atoms with E-state index in [1.54, 1.807) is 0 Å². The fourth-order valence-corrected chi connectivity index (χ4v) is 1.97. The van der Waals surface area contributed by atoms with Gasteiger partial charge in [-0.25, -0.2) is 0 Å². The maximum Gasteiger partial charge on any atom is 0.227 e. The Bertz CT molecular complexity index is 267. The number of nitrogens with two attached hydrogens (primary N) is 1. The summed E-state index contributed by atoms with van der Waals surface area (Å²) in [6, 6.07) is 0. The molecule has 0 aromatic rings.